The maximum Gasteiger partial charge on any atom is 0.192 e. The zero-order valence-electron chi connectivity index (χ0n) is 19.4. The average molecular weight is 401 g/mol. The molecule has 0 spiro atoms. The zero-order chi connectivity index (χ0) is 21.0. The van der Waals surface area contributed by atoms with Gasteiger partial charge in [-0.2, -0.15) is 0 Å². The van der Waals surface area contributed by atoms with Crippen LogP contribution < -0.4 is 0 Å². The molecule has 0 amide bonds. The number of aldehydes is 1. The summed E-state index contributed by atoms with van der Waals surface area (Å²) in [5, 5.41) is 0.364. The van der Waals surface area contributed by atoms with E-state index in [1.165, 1.54) is 0 Å². The van der Waals surface area contributed by atoms with Crippen molar-refractivity contribution in [2.24, 2.45) is 0 Å². The second-order valence-corrected chi connectivity index (χ2v) is 20.2. The van der Waals surface area contributed by atoms with Crippen LogP contribution in [0.2, 0.25) is 36.3 Å². The van der Waals surface area contributed by atoms with Crippen molar-refractivity contribution in [3.63, 3.8) is 0 Å². The summed E-state index contributed by atoms with van der Waals surface area (Å²) in [6.07, 6.45) is 4.79. The molecule has 0 radical (unpaired) electrons. The topological polar surface area (TPSA) is 35.5 Å². The first-order valence-electron chi connectivity index (χ1n) is 9.90. The van der Waals surface area contributed by atoms with Crippen molar-refractivity contribution >= 4 is 22.9 Å². The van der Waals surface area contributed by atoms with Gasteiger partial charge in [0.25, 0.3) is 0 Å². The second kappa shape index (κ2) is 9.31. The monoisotopic (exact) mass is 400 g/mol. The summed E-state index contributed by atoms with van der Waals surface area (Å²) in [5.74, 6) is 0. The number of carbonyl (C=O) groups excluding carboxylic acids is 1. The Bertz CT molecular complexity index is 482. The molecule has 0 saturated heterocycles. The molecule has 0 N–H and O–H groups in total. The molecule has 0 aliphatic heterocycles. The highest BCUT2D eigenvalue weighted by Gasteiger charge is 2.41. The Morgan fingerprint density at radius 2 is 1.35 bits per heavy atom. The van der Waals surface area contributed by atoms with Crippen molar-refractivity contribution in [3.8, 4) is 0 Å². The van der Waals surface area contributed by atoms with Crippen LogP contribution in [0.5, 0.6) is 0 Å². The quantitative estimate of drug-likeness (QED) is 0.245. The van der Waals surface area contributed by atoms with E-state index in [2.05, 4.69) is 74.7 Å². The highest BCUT2D eigenvalue weighted by molar-refractivity contribution is 6.74. The minimum Gasteiger partial charge on any atom is -0.414 e. The summed E-state index contributed by atoms with van der Waals surface area (Å²) in [4.78, 5) is 11.0. The third kappa shape index (κ3) is 8.20. The average Bonchev–Trinajstić information content (AvgIpc) is 2.40. The van der Waals surface area contributed by atoms with E-state index in [0.717, 1.165) is 24.7 Å². The van der Waals surface area contributed by atoms with Gasteiger partial charge >= 0.3 is 0 Å². The molecule has 0 saturated carbocycles. The van der Waals surface area contributed by atoms with Crippen molar-refractivity contribution < 1.29 is 13.6 Å². The molecule has 3 nitrogen and oxygen atoms in total. The third-order valence-corrected chi connectivity index (χ3v) is 15.2. The van der Waals surface area contributed by atoms with E-state index >= 15 is 0 Å². The number of hydrogen-bond donors (Lipinski definition) is 0. The van der Waals surface area contributed by atoms with Crippen LogP contribution in [0, 0.1) is 0 Å². The molecule has 0 aromatic rings. The molecular weight excluding hydrogens is 356 g/mol. The van der Waals surface area contributed by atoms with Gasteiger partial charge < -0.3 is 8.85 Å². The van der Waals surface area contributed by atoms with Crippen LogP contribution >= 0.6 is 0 Å². The molecule has 0 rings (SSSR count). The van der Waals surface area contributed by atoms with Crippen LogP contribution in [-0.2, 0) is 13.6 Å². The lowest BCUT2D eigenvalue weighted by Gasteiger charge is -2.42. The Morgan fingerprint density at radius 3 is 1.73 bits per heavy atom. The molecule has 154 valence electrons. The Morgan fingerprint density at radius 1 is 0.923 bits per heavy atom. The van der Waals surface area contributed by atoms with Gasteiger partial charge in [0, 0.05) is 6.10 Å². The summed E-state index contributed by atoms with van der Waals surface area (Å²) in [7, 11) is -3.67. The number of carbonyl (C=O) groups is 1. The van der Waals surface area contributed by atoms with Gasteiger partial charge in [-0.1, -0.05) is 47.6 Å². The number of rotatable bonds is 9. The van der Waals surface area contributed by atoms with E-state index < -0.39 is 16.6 Å². The molecule has 0 heterocycles. The molecule has 0 bridgehead atoms. The Hall–Kier alpha value is -0.236. The van der Waals surface area contributed by atoms with E-state index in [0.29, 0.717) is 0 Å². The Balaban J connectivity index is 5.27. The minimum absolute atomic E-state index is 0.0885. The van der Waals surface area contributed by atoms with Crippen LogP contribution in [0.1, 0.15) is 68.2 Å². The smallest absolute Gasteiger partial charge is 0.192 e. The van der Waals surface area contributed by atoms with Crippen molar-refractivity contribution in [2.75, 3.05) is 0 Å². The maximum atomic E-state index is 11.0. The molecule has 26 heavy (non-hydrogen) atoms. The summed E-state index contributed by atoms with van der Waals surface area (Å²) in [5.41, 5.74) is 0.770. The first-order chi connectivity index (χ1) is 11.4. The van der Waals surface area contributed by atoms with Crippen LogP contribution in [0.25, 0.3) is 0 Å². The number of hydrogen-bond acceptors (Lipinski definition) is 3. The van der Waals surface area contributed by atoms with Gasteiger partial charge in [-0.05, 0) is 68.5 Å². The van der Waals surface area contributed by atoms with Gasteiger partial charge in [-0.3, -0.25) is 4.79 Å². The first kappa shape index (κ1) is 25.8. The zero-order valence-corrected chi connectivity index (χ0v) is 21.4. The lowest BCUT2D eigenvalue weighted by molar-refractivity contribution is -0.104. The van der Waals surface area contributed by atoms with Gasteiger partial charge in [-0.25, -0.2) is 0 Å². The van der Waals surface area contributed by atoms with E-state index in [-0.39, 0.29) is 22.3 Å². The van der Waals surface area contributed by atoms with Crippen molar-refractivity contribution in [1.82, 2.24) is 0 Å². The van der Waals surface area contributed by atoms with Crippen molar-refractivity contribution in [3.05, 3.63) is 11.6 Å². The van der Waals surface area contributed by atoms with Crippen molar-refractivity contribution in [2.45, 2.75) is 117 Å². The fourth-order valence-electron chi connectivity index (χ4n) is 2.25. The highest BCUT2D eigenvalue weighted by atomic mass is 28.4. The molecule has 0 unspecified atom stereocenters. The Labute approximate surface area is 165 Å². The molecule has 5 heteroatoms. The van der Waals surface area contributed by atoms with Crippen LogP contribution in [0.3, 0.4) is 0 Å². The lowest BCUT2D eigenvalue weighted by atomic mass is 10.1. The van der Waals surface area contributed by atoms with Crippen molar-refractivity contribution in [1.29, 1.82) is 0 Å². The van der Waals surface area contributed by atoms with Gasteiger partial charge in [0.05, 0.1) is 6.10 Å². The maximum absolute atomic E-state index is 11.0. The molecule has 0 aromatic heterocycles. The third-order valence-electron chi connectivity index (χ3n) is 6.05. The fourth-order valence-corrected chi connectivity index (χ4v) is 5.08. The van der Waals surface area contributed by atoms with Gasteiger partial charge in [0.15, 0.2) is 16.6 Å². The van der Waals surface area contributed by atoms with Gasteiger partial charge in [-0.15, -0.1) is 0 Å². The molecule has 0 aliphatic carbocycles. The molecule has 0 fully saturated rings. The SMILES string of the molecule is CC(C=O)=CC[C@H](C[C@H](C)O[Si](C)(C)C(C)(C)C)O[Si](C)(C)C(C)(C)C. The van der Waals surface area contributed by atoms with Crippen LogP contribution in [-0.4, -0.2) is 35.1 Å². The van der Waals surface area contributed by atoms with Gasteiger partial charge in [0.1, 0.15) is 6.29 Å². The summed E-state index contributed by atoms with van der Waals surface area (Å²) >= 11 is 0. The van der Waals surface area contributed by atoms with E-state index in [4.69, 9.17) is 8.85 Å². The molecule has 0 aromatic carbocycles. The molecule has 2 atom stereocenters. The summed E-state index contributed by atoms with van der Waals surface area (Å²) in [6, 6.07) is 0. The molecular formula is C21H44O3Si2. The first-order valence-corrected chi connectivity index (χ1v) is 15.7. The summed E-state index contributed by atoms with van der Waals surface area (Å²) in [6.45, 7) is 26.8. The minimum atomic E-state index is -1.87. The van der Waals surface area contributed by atoms with E-state index in [9.17, 15) is 4.79 Å². The second-order valence-electron chi connectivity index (χ2n) is 10.7. The highest BCUT2D eigenvalue weighted by Crippen LogP contribution is 2.40. The number of allylic oxidation sites excluding steroid dienone is 1. The fraction of sp³-hybridized carbons (Fsp3) is 0.857. The largest absolute Gasteiger partial charge is 0.414 e. The predicted octanol–water partition coefficient (Wildman–Crippen LogP) is 6.71. The standard InChI is InChI=1S/C21H44O3Si2/c1-17(16-22)13-14-19(24-26(11,12)21(6,7)8)15-18(2)23-25(9,10)20(3,4)5/h13,16,18-19H,14-15H2,1-12H3/t18-,19+/m0/s1. The van der Waals surface area contributed by atoms with Crippen LogP contribution in [0.4, 0.5) is 0 Å². The van der Waals surface area contributed by atoms with Crippen LogP contribution in [0.15, 0.2) is 11.6 Å². The lowest BCUT2D eigenvalue weighted by Crippen LogP contribution is -2.46. The van der Waals surface area contributed by atoms with E-state index in [1.54, 1.807) is 0 Å². The molecule has 0 aliphatic rings. The normalized spacial score (nSPS) is 17.2. The van der Waals surface area contributed by atoms with Gasteiger partial charge in [0.2, 0.25) is 0 Å². The van der Waals surface area contributed by atoms with E-state index in [1.807, 2.05) is 13.0 Å². The summed E-state index contributed by atoms with van der Waals surface area (Å²) < 4.78 is 13.2. The Kier molecular flexibility index (Phi) is 9.22. The predicted molar refractivity (Wildman–Crippen MR) is 119 cm³/mol.